The summed E-state index contributed by atoms with van der Waals surface area (Å²) in [4.78, 5) is 23.3. The lowest BCUT2D eigenvalue weighted by atomic mass is 10.2. The largest absolute Gasteiger partial charge is 0.482 e. The zero-order chi connectivity index (χ0) is 18.1. The fourth-order valence-corrected chi connectivity index (χ4v) is 3.45. The van der Waals surface area contributed by atoms with E-state index in [0.29, 0.717) is 12.2 Å². The number of rotatable bonds is 6. The molecule has 0 unspecified atom stereocenters. The molecule has 9 heteroatoms. The Morgan fingerprint density at radius 1 is 1.21 bits per heavy atom. The van der Waals surface area contributed by atoms with Gasteiger partial charge in [-0.1, -0.05) is 29.3 Å². The average molecular weight is 481 g/mol. The fraction of sp³-hybridized carbons (Fsp3) is 0.400. The summed E-state index contributed by atoms with van der Waals surface area (Å²) in [7, 11) is 0. The van der Waals surface area contributed by atoms with Crippen molar-refractivity contribution >= 4 is 61.0 Å². The van der Waals surface area contributed by atoms with E-state index in [1.165, 1.54) is 0 Å². The molecule has 0 aliphatic heterocycles. The number of hydrogen-bond acceptors (Lipinski definition) is 4. The van der Waals surface area contributed by atoms with Gasteiger partial charge in [0.25, 0.3) is 5.91 Å². The van der Waals surface area contributed by atoms with Crippen LogP contribution < -0.4 is 20.9 Å². The molecular formula is C15H19Br2N3O3S. The molecule has 0 heterocycles. The minimum absolute atomic E-state index is 0.0467. The Labute approximate surface area is 163 Å². The molecule has 24 heavy (non-hydrogen) atoms. The maximum Gasteiger partial charge on any atom is 0.276 e. The number of carbonyl (C=O) groups is 2. The van der Waals surface area contributed by atoms with Gasteiger partial charge in [0, 0.05) is 10.9 Å². The van der Waals surface area contributed by atoms with Gasteiger partial charge in [-0.05, 0) is 59.2 Å². The van der Waals surface area contributed by atoms with Crippen LogP contribution in [-0.4, -0.2) is 23.5 Å². The van der Waals surface area contributed by atoms with Crippen molar-refractivity contribution in [1.29, 1.82) is 0 Å². The van der Waals surface area contributed by atoms with Gasteiger partial charge in [0.05, 0.1) is 4.47 Å². The van der Waals surface area contributed by atoms with Crippen molar-refractivity contribution in [3.8, 4) is 5.75 Å². The predicted octanol–water partition coefficient (Wildman–Crippen LogP) is 3.11. The summed E-state index contributed by atoms with van der Waals surface area (Å²) in [6, 6.07) is 3.72. The van der Waals surface area contributed by atoms with Gasteiger partial charge in [0.1, 0.15) is 5.75 Å². The normalized spacial score (nSPS) is 10.0. The van der Waals surface area contributed by atoms with Crippen molar-refractivity contribution in [2.75, 3.05) is 6.61 Å². The second-order valence-corrected chi connectivity index (χ2v) is 7.15. The lowest BCUT2D eigenvalue weighted by Crippen LogP contribution is -2.49. The van der Waals surface area contributed by atoms with Crippen LogP contribution in [0.3, 0.4) is 0 Å². The number of thiocarbonyl (C=S) groups is 1. The maximum absolute atomic E-state index is 11.8. The number of unbranched alkanes of at least 4 members (excludes halogenated alkanes) is 1. The molecule has 0 aliphatic rings. The van der Waals surface area contributed by atoms with E-state index >= 15 is 0 Å². The number of hydrogen-bond donors (Lipinski definition) is 3. The summed E-state index contributed by atoms with van der Waals surface area (Å²) >= 11 is 11.7. The molecule has 2 amide bonds. The lowest BCUT2D eigenvalue weighted by Gasteiger charge is -2.13. The molecular weight excluding hydrogens is 462 g/mol. The number of benzene rings is 1. The van der Waals surface area contributed by atoms with Crippen LogP contribution in [0.15, 0.2) is 21.1 Å². The minimum atomic E-state index is -0.422. The first-order chi connectivity index (χ1) is 11.3. The van der Waals surface area contributed by atoms with E-state index in [1.54, 1.807) is 0 Å². The highest BCUT2D eigenvalue weighted by molar-refractivity contribution is 9.11. The van der Waals surface area contributed by atoms with Gasteiger partial charge in [-0.15, -0.1) is 0 Å². The van der Waals surface area contributed by atoms with Gasteiger partial charge in [0.15, 0.2) is 11.7 Å². The molecule has 0 saturated heterocycles. The van der Waals surface area contributed by atoms with Crippen LogP contribution in [-0.2, 0) is 9.59 Å². The van der Waals surface area contributed by atoms with Gasteiger partial charge in [-0.2, -0.15) is 0 Å². The molecule has 0 aliphatic carbocycles. The Hall–Kier alpha value is -1.19. The highest BCUT2D eigenvalue weighted by Crippen LogP contribution is 2.32. The first-order valence-corrected chi connectivity index (χ1v) is 9.30. The second-order valence-electron chi connectivity index (χ2n) is 4.98. The van der Waals surface area contributed by atoms with E-state index in [-0.39, 0.29) is 17.6 Å². The lowest BCUT2D eigenvalue weighted by molar-refractivity contribution is -0.124. The molecule has 0 saturated carbocycles. The molecule has 1 rings (SSSR count). The van der Waals surface area contributed by atoms with Crippen molar-refractivity contribution in [3.05, 3.63) is 26.6 Å². The van der Waals surface area contributed by atoms with Crippen molar-refractivity contribution in [1.82, 2.24) is 16.2 Å². The molecule has 0 spiro atoms. The number of ether oxygens (including phenoxy) is 1. The summed E-state index contributed by atoms with van der Waals surface area (Å²) in [6.45, 7) is 3.68. The van der Waals surface area contributed by atoms with Gasteiger partial charge >= 0.3 is 0 Å². The molecule has 132 valence electrons. The quantitative estimate of drug-likeness (QED) is 0.430. The van der Waals surface area contributed by atoms with Crippen LogP contribution in [0.2, 0.25) is 0 Å². The van der Waals surface area contributed by atoms with Crippen molar-refractivity contribution in [2.24, 2.45) is 0 Å². The van der Waals surface area contributed by atoms with Gasteiger partial charge in [-0.25, -0.2) is 0 Å². The van der Waals surface area contributed by atoms with E-state index in [0.717, 1.165) is 27.4 Å². The molecule has 1 aromatic carbocycles. The molecule has 0 fully saturated rings. The summed E-state index contributed by atoms with van der Waals surface area (Å²) in [6.07, 6.45) is 2.11. The Morgan fingerprint density at radius 3 is 2.54 bits per heavy atom. The SMILES string of the molecule is CCCCC(=O)NC(=S)NNC(=O)COc1c(C)cc(Br)cc1Br. The number of carbonyl (C=O) groups excluding carboxylic acids is 2. The second kappa shape index (κ2) is 10.6. The van der Waals surface area contributed by atoms with Crippen molar-refractivity contribution in [3.63, 3.8) is 0 Å². The van der Waals surface area contributed by atoms with E-state index in [9.17, 15) is 9.59 Å². The number of nitrogens with one attached hydrogen (secondary N) is 3. The first kappa shape index (κ1) is 20.9. The van der Waals surface area contributed by atoms with Crippen LogP contribution in [0.5, 0.6) is 5.75 Å². The molecule has 1 aromatic rings. The Kier molecular flexibility index (Phi) is 9.24. The standard InChI is InChI=1S/C15H19Br2N3O3S/c1-3-4-5-12(21)18-15(24)20-19-13(22)8-23-14-9(2)6-10(16)7-11(14)17/h6-7H,3-5,8H2,1-2H3,(H,19,22)(H2,18,20,21,24). The van der Waals surface area contributed by atoms with Crippen LogP contribution in [0.4, 0.5) is 0 Å². The number of aryl methyl sites for hydroxylation is 1. The average Bonchev–Trinajstić information content (AvgIpc) is 2.49. The number of halogens is 2. The van der Waals surface area contributed by atoms with Gasteiger partial charge in [0.2, 0.25) is 5.91 Å². The molecule has 6 nitrogen and oxygen atoms in total. The van der Waals surface area contributed by atoms with Crippen molar-refractivity contribution < 1.29 is 14.3 Å². The third-order valence-corrected chi connectivity index (χ3v) is 4.12. The van der Waals surface area contributed by atoms with Crippen LogP contribution in [0, 0.1) is 6.92 Å². The minimum Gasteiger partial charge on any atom is -0.482 e. The third-order valence-electron chi connectivity index (χ3n) is 2.87. The Bertz CT molecular complexity index is 603. The van der Waals surface area contributed by atoms with Gasteiger partial charge < -0.3 is 10.1 Å². The van der Waals surface area contributed by atoms with E-state index in [1.807, 2.05) is 26.0 Å². The molecule has 0 radical (unpaired) electrons. The Morgan fingerprint density at radius 2 is 1.92 bits per heavy atom. The van der Waals surface area contributed by atoms with Gasteiger partial charge in [-0.3, -0.25) is 20.4 Å². The maximum atomic E-state index is 11.8. The van der Waals surface area contributed by atoms with E-state index < -0.39 is 5.91 Å². The summed E-state index contributed by atoms with van der Waals surface area (Å²) in [5, 5.41) is 2.53. The van der Waals surface area contributed by atoms with Crippen LogP contribution >= 0.6 is 44.1 Å². The molecule has 0 bridgehead atoms. The first-order valence-electron chi connectivity index (χ1n) is 7.30. The third kappa shape index (κ3) is 7.59. The highest BCUT2D eigenvalue weighted by Gasteiger charge is 2.10. The topological polar surface area (TPSA) is 79.5 Å². The Balaban J connectivity index is 2.37. The smallest absolute Gasteiger partial charge is 0.276 e. The summed E-state index contributed by atoms with van der Waals surface area (Å²) in [5.41, 5.74) is 5.72. The predicted molar refractivity (Wildman–Crippen MR) is 104 cm³/mol. The number of amides is 2. The summed E-state index contributed by atoms with van der Waals surface area (Å²) < 4.78 is 7.16. The molecule has 0 aromatic heterocycles. The fourth-order valence-electron chi connectivity index (χ4n) is 1.73. The van der Waals surface area contributed by atoms with Crippen LogP contribution in [0.25, 0.3) is 0 Å². The molecule has 0 atom stereocenters. The van der Waals surface area contributed by atoms with Crippen LogP contribution in [0.1, 0.15) is 31.7 Å². The zero-order valence-electron chi connectivity index (χ0n) is 13.4. The van der Waals surface area contributed by atoms with E-state index in [2.05, 4.69) is 48.0 Å². The highest BCUT2D eigenvalue weighted by atomic mass is 79.9. The van der Waals surface area contributed by atoms with E-state index in [4.69, 9.17) is 17.0 Å². The summed E-state index contributed by atoms with van der Waals surface area (Å²) in [5.74, 6) is -0.0209. The number of hydrazine groups is 1. The van der Waals surface area contributed by atoms with Crippen molar-refractivity contribution in [2.45, 2.75) is 33.1 Å². The zero-order valence-corrected chi connectivity index (χ0v) is 17.4. The molecule has 3 N–H and O–H groups in total. The monoisotopic (exact) mass is 479 g/mol.